The van der Waals surface area contributed by atoms with Gasteiger partial charge in [0.05, 0.1) is 0 Å². The molecule has 0 spiro atoms. The molecule has 1 heterocycles. The molecule has 0 fully saturated rings. The molecule has 0 bridgehead atoms. The third kappa shape index (κ3) is 4.20. The van der Waals surface area contributed by atoms with Crippen LogP contribution in [0.4, 0.5) is 0 Å². The zero-order chi connectivity index (χ0) is 10.4. The van der Waals surface area contributed by atoms with Gasteiger partial charge < -0.3 is 4.42 Å². The van der Waals surface area contributed by atoms with E-state index in [0.29, 0.717) is 0 Å². The molecule has 1 nitrogen and oxygen atoms in total. The van der Waals surface area contributed by atoms with E-state index in [1.165, 1.54) is 12.0 Å². The van der Waals surface area contributed by atoms with E-state index >= 15 is 0 Å². The van der Waals surface area contributed by atoms with E-state index in [1.807, 2.05) is 6.07 Å². The van der Waals surface area contributed by atoms with Crippen molar-refractivity contribution < 1.29 is 24.8 Å². The average Bonchev–Trinajstić information content (AvgIpc) is 2.65. The van der Waals surface area contributed by atoms with Gasteiger partial charge >= 0.3 is 0 Å². The van der Waals surface area contributed by atoms with Gasteiger partial charge in [0.1, 0.15) is 0 Å². The van der Waals surface area contributed by atoms with Crippen LogP contribution in [-0.4, -0.2) is 0 Å². The number of aryl methyl sites for hydroxylation is 1. The molecule has 0 atom stereocenters. The monoisotopic (exact) mass is 376 g/mol. The molecule has 83 valence electrons. The number of hydrogen-bond acceptors (Lipinski definition) is 1. The number of fused-ring (bicyclic) bond motifs is 1. The third-order valence-electron chi connectivity index (χ3n) is 1.87. The number of benzene rings is 1. The minimum absolute atomic E-state index is 0. The van der Waals surface area contributed by atoms with Crippen LogP contribution in [0.2, 0.25) is 0 Å². The van der Waals surface area contributed by atoms with E-state index in [4.69, 9.17) is 4.42 Å². The van der Waals surface area contributed by atoms with Crippen LogP contribution in [0.5, 0.6) is 0 Å². The summed E-state index contributed by atoms with van der Waals surface area (Å²) >= 11 is 0. The van der Waals surface area contributed by atoms with Crippen molar-refractivity contribution in [2.75, 3.05) is 0 Å². The fourth-order valence-electron chi connectivity index (χ4n) is 1.16. The summed E-state index contributed by atoms with van der Waals surface area (Å²) in [7, 11) is 0. The van der Waals surface area contributed by atoms with Crippen LogP contribution in [0, 0.1) is 6.26 Å². The maximum absolute atomic E-state index is 5.14. The molecule has 0 aliphatic carbocycles. The smallest absolute Gasteiger partial charge is 0 e. The second kappa shape index (κ2) is 7.68. The van der Waals surface area contributed by atoms with E-state index in [0.717, 1.165) is 17.4 Å². The largest absolute Gasteiger partial charge is 0.591 e. The van der Waals surface area contributed by atoms with Crippen molar-refractivity contribution in [1.29, 1.82) is 0 Å². The van der Waals surface area contributed by atoms with Crippen LogP contribution < -0.4 is 0 Å². The van der Waals surface area contributed by atoms with Gasteiger partial charge in [-0.2, -0.15) is 0 Å². The molecule has 15 heavy (non-hydrogen) atoms. The van der Waals surface area contributed by atoms with Crippen LogP contribution in [0.15, 0.2) is 28.7 Å². The van der Waals surface area contributed by atoms with Crippen molar-refractivity contribution >= 4 is 11.0 Å². The normalized spacial score (nSPS) is 9.00. The maximum Gasteiger partial charge on any atom is 0 e. The van der Waals surface area contributed by atoms with Crippen LogP contribution in [0.25, 0.3) is 11.0 Å². The topological polar surface area (TPSA) is 13.1 Å². The van der Waals surface area contributed by atoms with Gasteiger partial charge in [-0.25, -0.2) is 0 Å². The quantitative estimate of drug-likeness (QED) is 0.681. The Balaban J connectivity index is 0.000000443. The van der Waals surface area contributed by atoms with E-state index in [9.17, 15) is 0 Å². The molecule has 0 unspecified atom stereocenters. The molecule has 1 radical (unpaired) electrons. The van der Waals surface area contributed by atoms with Crippen LogP contribution >= 0.6 is 0 Å². The molecule has 0 saturated heterocycles. The summed E-state index contributed by atoms with van der Waals surface area (Å²) in [6.07, 6.45) is 5.02. The molecule has 2 aromatic rings. The molecular formula is C13H17ORe-. The first-order valence-electron chi connectivity index (χ1n) is 5.20. The Morgan fingerprint density at radius 3 is 2.47 bits per heavy atom. The first-order chi connectivity index (χ1) is 6.81. The van der Waals surface area contributed by atoms with Crippen molar-refractivity contribution in [2.45, 2.75) is 33.6 Å². The summed E-state index contributed by atoms with van der Waals surface area (Å²) in [5.41, 5.74) is 2.24. The molecule has 2 rings (SSSR count). The predicted molar refractivity (Wildman–Crippen MR) is 60.4 cm³/mol. The summed E-state index contributed by atoms with van der Waals surface area (Å²) in [5, 5.41) is 1.13. The van der Waals surface area contributed by atoms with Crippen LogP contribution in [-0.2, 0) is 26.8 Å². The summed E-state index contributed by atoms with van der Waals surface area (Å²) in [5.74, 6) is 0. The van der Waals surface area contributed by atoms with E-state index < -0.39 is 0 Å². The Morgan fingerprint density at radius 1 is 1.20 bits per heavy atom. The van der Waals surface area contributed by atoms with Crippen molar-refractivity contribution in [3.63, 3.8) is 0 Å². The first kappa shape index (κ1) is 14.4. The van der Waals surface area contributed by atoms with E-state index in [1.54, 1.807) is 0 Å². The molecule has 0 aliphatic heterocycles. The number of hydrogen-bond donors (Lipinski definition) is 0. The minimum atomic E-state index is 0. The summed E-state index contributed by atoms with van der Waals surface area (Å²) < 4.78 is 5.14. The molecule has 0 amide bonds. The zero-order valence-electron chi connectivity index (χ0n) is 9.51. The van der Waals surface area contributed by atoms with Gasteiger partial charge in [-0.15, -0.1) is 17.5 Å². The average molecular weight is 375 g/mol. The summed E-state index contributed by atoms with van der Waals surface area (Å²) in [4.78, 5) is 0. The zero-order valence-corrected chi connectivity index (χ0v) is 12.2. The Kier molecular flexibility index (Phi) is 7.38. The second-order valence-corrected chi connectivity index (χ2v) is 3.30. The van der Waals surface area contributed by atoms with Gasteiger partial charge in [0, 0.05) is 20.4 Å². The van der Waals surface area contributed by atoms with Gasteiger partial charge in [-0.1, -0.05) is 44.9 Å². The predicted octanol–water partition coefficient (Wildman–Crippen LogP) is 4.21. The fraction of sp³-hybridized carbons (Fsp3) is 0.385. The van der Waals surface area contributed by atoms with E-state index in [-0.39, 0.29) is 20.4 Å². The Bertz CT molecular complexity index is 379. The van der Waals surface area contributed by atoms with Crippen molar-refractivity contribution in [1.82, 2.24) is 0 Å². The molecule has 0 N–H and O–H groups in total. The number of rotatable bonds is 1. The summed E-state index contributed by atoms with van der Waals surface area (Å²) in [6.45, 7) is 6.38. The van der Waals surface area contributed by atoms with Gasteiger partial charge in [0.2, 0.25) is 0 Å². The molecule has 0 aliphatic rings. The third-order valence-corrected chi connectivity index (χ3v) is 1.87. The molecule has 1 aromatic heterocycles. The van der Waals surface area contributed by atoms with Crippen molar-refractivity contribution in [2.24, 2.45) is 0 Å². The van der Waals surface area contributed by atoms with Gasteiger partial charge in [0.15, 0.2) is 0 Å². The van der Waals surface area contributed by atoms with Crippen LogP contribution in [0.1, 0.15) is 32.8 Å². The fourth-order valence-corrected chi connectivity index (χ4v) is 1.16. The number of furan rings is 1. The van der Waals surface area contributed by atoms with Gasteiger partial charge in [-0.3, -0.25) is 0 Å². The molecule has 2 heteroatoms. The van der Waals surface area contributed by atoms with Crippen molar-refractivity contribution in [3.8, 4) is 0 Å². The Morgan fingerprint density at radius 2 is 1.87 bits per heavy atom. The maximum atomic E-state index is 5.14. The Labute approximate surface area is 106 Å². The minimum Gasteiger partial charge on any atom is -0.591 e. The second-order valence-electron chi connectivity index (χ2n) is 3.30. The SMILES string of the molecule is CCC.CCc1ccc2c[c-]oc2c1.[Re]. The van der Waals surface area contributed by atoms with Gasteiger partial charge in [-0.05, 0) is 18.3 Å². The summed E-state index contributed by atoms with van der Waals surface area (Å²) in [6, 6.07) is 8.10. The van der Waals surface area contributed by atoms with Crippen LogP contribution in [0.3, 0.4) is 0 Å². The van der Waals surface area contributed by atoms with Crippen molar-refractivity contribution in [3.05, 3.63) is 36.1 Å². The first-order valence-corrected chi connectivity index (χ1v) is 5.20. The molecule has 0 saturated carbocycles. The Hall–Kier alpha value is -0.578. The molecular weight excluding hydrogens is 358 g/mol. The molecule has 1 aromatic carbocycles. The van der Waals surface area contributed by atoms with Gasteiger partial charge in [0.25, 0.3) is 0 Å². The standard InChI is InChI=1S/C10H9O.C3H8.Re/c1-2-8-3-4-9-5-6-11-10(9)7-8;1-3-2;/h3-5,7H,2H2,1H3;3H2,1-2H3;/q-1;;. The van der Waals surface area contributed by atoms with E-state index in [2.05, 4.69) is 45.2 Å².